The summed E-state index contributed by atoms with van der Waals surface area (Å²) >= 11 is 0. The molecular formula is C15H17N5. The van der Waals surface area contributed by atoms with E-state index >= 15 is 0 Å². The molecule has 3 aromatic heterocycles. The molecule has 0 amide bonds. The van der Waals surface area contributed by atoms with Gasteiger partial charge in [-0.25, -0.2) is 9.97 Å². The fourth-order valence-electron chi connectivity index (χ4n) is 2.11. The molecule has 3 rings (SSSR count). The van der Waals surface area contributed by atoms with Crippen LogP contribution in [0.15, 0.2) is 36.7 Å². The first kappa shape index (κ1) is 12.6. The number of H-pyrrole nitrogens is 1. The Balaban J connectivity index is 1.79. The van der Waals surface area contributed by atoms with Crippen LogP contribution in [0.3, 0.4) is 0 Å². The second-order valence-corrected chi connectivity index (χ2v) is 4.97. The van der Waals surface area contributed by atoms with Gasteiger partial charge in [0, 0.05) is 32.9 Å². The molecule has 0 spiro atoms. The third-order valence-corrected chi connectivity index (χ3v) is 3.24. The number of aromatic nitrogens is 4. The Hall–Kier alpha value is -2.43. The van der Waals surface area contributed by atoms with E-state index in [4.69, 9.17) is 0 Å². The van der Waals surface area contributed by atoms with Crippen LogP contribution in [0.1, 0.15) is 11.4 Å². The highest BCUT2D eigenvalue weighted by atomic mass is 15.1. The number of anilines is 1. The van der Waals surface area contributed by atoms with Gasteiger partial charge in [-0.1, -0.05) is 0 Å². The molecule has 0 saturated carbocycles. The highest BCUT2D eigenvalue weighted by Crippen LogP contribution is 2.15. The van der Waals surface area contributed by atoms with Crippen LogP contribution in [0.2, 0.25) is 0 Å². The predicted octanol–water partition coefficient (Wildman–Crippen LogP) is 2.20. The normalized spacial score (nSPS) is 10.9. The summed E-state index contributed by atoms with van der Waals surface area (Å²) in [6.07, 6.45) is 5.46. The Labute approximate surface area is 117 Å². The van der Waals surface area contributed by atoms with Crippen LogP contribution < -0.4 is 4.90 Å². The second-order valence-electron chi connectivity index (χ2n) is 4.97. The molecular weight excluding hydrogens is 250 g/mol. The van der Waals surface area contributed by atoms with E-state index in [0.717, 1.165) is 35.6 Å². The fourth-order valence-corrected chi connectivity index (χ4v) is 2.11. The molecule has 0 aliphatic carbocycles. The van der Waals surface area contributed by atoms with Gasteiger partial charge in [-0.15, -0.1) is 0 Å². The quantitative estimate of drug-likeness (QED) is 0.787. The molecule has 0 aliphatic rings. The highest BCUT2D eigenvalue weighted by Gasteiger charge is 2.06. The van der Waals surface area contributed by atoms with Gasteiger partial charge < -0.3 is 9.88 Å². The Bertz CT molecular complexity index is 703. The van der Waals surface area contributed by atoms with E-state index in [1.807, 2.05) is 55.7 Å². The molecule has 0 aliphatic heterocycles. The Morgan fingerprint density at radius 3 is 2.55 bits per heavy atom. The van der Waals surface area contributed by atoms with Crippen LogP contribution in [0.4, 0.5) is 5.82 Å². The zero-order chi connectivity index (χ0) is 13.9. The average Bonchev–Trinajstić information content (AvgIpc) is 2.88. The fraction of sp³-hybridized carbons (Fsp3) is 0.267. The molecule has 5 nitrogen and oxygen atoms in total. The third-order valence-electron chi connectivity index (χ3n) is 3.24. The molecule has 0 saturated heterocycles. The summed E-state index contributed by atoms with van der Waals surface area (Å²) in [4.78, 5) is 18.4. The first-order valence-electron chi connectivity index (χ1n) is 6.64. The lowest BCUT2D eigenvalue weighted by Gasteiger charge is -2.09. The van der Waals surface area contributed by atoms with Gasteiger partial charge in [0.15, 0.2) is 5.65 Å². The molecule has 3 aromatic rings. The number of nitrogens with one attached hydrogen (secondary N) is 1. The Morgan fingerprint density at radius 1 is 1.00 bits per heavy atom. The van der Waals surface area contributed by atoms with Gasteiger partial charge >= 0.3 is 0 Å². The third kappa shape index (κ3) is 2.61. The maximum absolute atomic E-state index is 4.56. The van der Waals surface area contributed by atoms with E-state index in [0.29, 0.717) is 0 Å². The van der Waals surface area contributed by atoms with Gasteiger partial charge in [0.2, 0.25) is 0 Å². The zero-order valence-corrected chi connectivity index (χ0v) is 11.7. The standard InChI is InChI=1S/C15H17N5/c1-20(2)14-6-4-12-15(19-14)18-13(17-12)5-3-11-7-9-16-10-8-11/h4,6-10H,3,5H2,1-2H3,(H,17,18,19). The number of hydrogen-bond donors (Lipinski definition) is 1. The summed E-state index contributed by atoms with van der Waals surface area (Å²) in [5, 5.41) is 0. The Morgan fingerprint density at radius 2 is 1.80 bits per heavy atom. The van der Waals surface area contributed by atoms with E-state index < -0.39 is 0 Å². The summed E-state index contributed by atoms with van der Waals surface area (Å²) in [6.45, 7) is 0. The topological polar surface area (TPSA) is 57.7 Å². The van der Waals surface area contributed by atoms with Crippen molar-refractivity contribution in [2.45, 2.75) is 12.8 Å². The van der Waals surface area contributed by atoms with Crippen molar-refractivity contribution >= 4 is 17.0 Å². The molecule has 3 heterocycles. The minimum atomic E-state index is 0.779. The first-order chi connectivity index (χ1) is 9.72. The molecule has 5 heteroatoms. The summed E-state index contributed by atoms with van der Waals surface area (Å²) in [5.74, 6) is 1.89. The molecule has 0 unspecified atom stereocenters. The number of aromatic amines is 1. The van der Waals surface area contributed by atoms with E-state index in [9.17, 15) is 0 Å². The van der Waals surface area contributed by atoms with Crippen LogP contribution >= 0.6 is 0 Å². The molecule has 0 atom stereocenters. The Kier molecular flexibility index (Phi) is 3.33. The van der Waals surface area contributed by atoms with Crippen molar-refractivity contribution in [2.75, 3.05) is 19.0 Å². The van der Waals surface area contributed by atoms with Gasteiger partial charge in [0.25, 0.3) is 0 Å². The number of aryl methyl sites for hydroxylation is 2. The first-order valence-corrected chi connectivity index (χ1v) is 6.64. The SMILES string of the molecule is CN(C)c1ccc2[nH]c(CCc3ccncc3)nc2n1. The highest BCUT2D eigenvalue weighted by molar-refractivity contribution is 5.73. The van der Waals surface area contributed by atoms with Crippen molar-refractivity contribution in [3.63, 3.8) is 0 Å². The molecule has 0 aromatic carbocycles. The van der Waals surface area contributed by atoms with Gasteiger partial charge in [0.1, 0.15) is 11.6 Å². The number of hydrogen-bond acceptors (Lipinski definition) is 4. The van der Waals surface area contributed by atoms with Crippen molar-refractivity contribution in [3.05, 3.63) is 48.0 Å². The molecule has 102 valence electrons. The number of nitrogens with zero attached hydrogens (tertiary/aromatic N) is 4. The van der Waals surface area contributed by atoms with Crippen LogP contribution in [-0.4, -0.2) is 34.0 Å². The van der Waals surface area contributed by atoms with Gasteiger partial charge in [-0.3, -0.25) is 4.98 Å². The number of imidazole rings is 1. The lowest BCUT2D eigenvalue weighted by Crippen LogP contribution is -2.10. The van der Waals surface area contributed by atoms with E-state index in [1.165, 1.54) is 5.56 Å². The largest absolute Gasteiger partial charge is 0.363 e. The minimum Gasteiger partial charge on any atom is -0.363 e. The average molecular weight is 267 g/mol. The maximum atomic E-state index is 4.56. The molecule has 0 fully saturated rings. The van der Waals surface area contributed by atoms with Crippen molar-refractivity contribution < 1.29 is 0 Å². The van der Waals surface area contributed by atoms with Crippen molar-refractivity contribution in [1.82, 2.24) is 19.9 Å². The summed E-state index contributed by atoms with van der Waals surface area (Å²) < 4.78 is 0. The molecule has 0 radical (unpaired) electrons. The van der Waals surface area contributed by atoms with Crippen LogP contribution in [-0.2, 0) is 12.8 Å². The van der Waals surface area contributed by atoms with Crippen molar-refractivity contribution in [2.24, 2.45) is 0 Å². The van der Waals surface area contributed by atoms with Crippen LogP contribution in [0, 0.1) is 0 Å². The van der Waals surface area contributed by atoms with Gasteiger partial charge in [-0.2, -0.15) is 0 Å². The monoisotopic (exact) mass is 267 g/mol. The minimum absolute atomic E-state index is 0.779. The smallest absolute Gasteiger partial charge is 0.179 e. The molecule has 1 N–H and O–H groups in total. The van der Waals surface area contributed by atoms with E-state index in [2.05, 4.69) is 19.9 Å². The number of pyridine rings is 2. The van der Waals surface area contributed by atoms with Crippen molar-refractivity contribution in [3.8, 4) is 0 Å². The lowest BCUT2D eigenvalue weighted by atomic mass is 10.1. The predicted molar refractivity (Wildman–Crippen MR) is 79.9 cm³/mol. The van der Waals surface area contributed by atoms with E-state index in [-0.39, 0.29) is 0 Å². The number of fused-ring (bicyclic) bond motifs is 1. The van der Waals surface area contributed by atoms with Crippen LogP contribution in [0.25, 0.3) is 11.2 Å². The zero-order valence-electron chi connectivity index (χ0n) is 11.7. The second kappa shape index (κ2) is 5.28. The molecule has 20 heavy (non-hydrogen) atoms. The van der Waals surface area contributed by atoms with Crippen molar-refractivity contribution in [1.29, 1.82) is 0 Å². The van der Waals surface area contributed by atoms with Crippen LogP contribution in [0.5, 0.6) is 0 Å². The van der Waals surface area contributed by atoms with Gasteiger partial charge in [0.05, 0.1) is 5.52 Å². The summed E-state index contributed by atoms with van der Waals surface area (Å²) in [6, 6.07) is 8.09. The number of rotatable bonds is 4. The van der Waals surface area contributed by atoms with E-state index in [1.54, 1.807) is 0 Å². The summed E-state index contributed by atoms with van der Waals surface area (Å²) in [5.41, 5.74) is 3.03. The molecule has 0 bridgehead atoms. The lowest BCUT2D eigenvalue weighted by molar-refractivity contribution is 0.886. The van der Waals surface area contributed by atoms with Gasteiger partial charge in [-0.05, 0) is 36.2 Å². The maximum Gasteiger partial charge on any atom is 0.179 e. The summed E-state index contributed by atoms with van der Waals surface area (Å²) in [7, 11) is 3.95.